The first-order valence-corrected chi connectivity index (χ1v) is 7.68. The van der Waals surface area contributed by atoms with Gasteiger partial charge in [-0.2, -0.15) is 0 Å². The van der Waals surface area contributed by atoms with Crippen molar-refractivity contribution in [2.45, 2.75) is 32.6 Å². The molecule has 0 aliphatic carbocycles. The molecular formula is C18H23NO4. The van der Waals surface area contributed by atoms with Crippen LogP contribution in [0.15, 0.2) is 42.5 Å². The molecule has 5 nitrogen and oxygen atoms in total. The molecule has 0 atom stereocenters. The molecule has 1 amide bonds. The molecule has 1 N–H and O–H groups in total. The van der Waals surface area contributed by atoms with Crippen LogP contribution in [0, 0.1) is 0 Å². The SMILES string of the molecule is C=C(C)C(=O)OCCCCNC(=O)C(=O)CCc1ccccc1. The fraction of sp³-hybridized carbons (Fsp3) is 0.389. The van der Waals surface area contributed by atoms with Crippen LogP contribution in [-0.4, -0.2) is 30.8 Å². The first-order chi connectivity index (χ1) is 11.0. The fourth-order valence-electron chi connectivity index (χ4n) is 1.83. The van der Waals surface area contributed by atoms with E-state index in [4.69, 9.17) is 4.74 Å². The number of Topliss-reactive ketones (excluding diaryl/α,β-unsaturated/α-hetero) is 1. The molecule has 0 saturated heterocycles. The molecule has 1 rings (SSSR count). The molecule has 0 bridgehead atoms. The van der Waals surface area contributed by atoms with E-state index in [1.54, 1.807) is 6.92 Å². The third-order valence-corrected chi connectivity index (χ3v) is 3.18. The van der Waals surface area contributed by atoms with Gasteiger partial charge in [0, 0.05) is 18.5 Å². The first kappa shape index (κ1) is 18.6. The third-order valence-electron chi connectivity index (χ3n) is 3.18. The van der Waals surface area contributed by atoms with Gasteiger partial charge in [-0.15, -0.1) is 0 Å². The van der Waals surface area contributed by atoms with Crippen molar-refractivity contribution in [3.8, 4) is 0 Å². The number of hydrogen-bond acceptors (Lipinski definition) is 4. The van der Waals surface area contributed by atoms with Crippen LogP contribution in [0.2, 0.25) is 0 Å². The zero-order valence-corrected chi connectivity index (χ0v) is 13.5. The smallest absolute Gasteiger partial charge is 0.333 e. The summed E-state index contributed by atoms with van der Waals surface area (Å²) in [7, 11) is 0. The highest BCUT2D eigenvalue weighted by molar-refractivity contribution is 6.36. The lowest BCUT2D eigenvalue weighted by atomic mass is 10.1. The zero-order chi connectivity index (χ0) is 17.1. The van der Waals surface area contributed by atoms with Crippen molar-refractivity contribution in [3.05, 3.63) is 48.0 Å². The second-order valence-electron chi connectivity index (χ2n) is 5.29. The summed E-state index contributed by atoms with van der Waals surface area (Å²) in [4.78, 5) is 34.5. The topological polar surface area (TPSA) is 72.5 Å². The van der Waals surface area contributed by atoms with E-state index >= 15 is 0 Å². The molecule has 0 spiro atoms. The van der Waals surface area contributed by atoms with Crippen molar-refractivity contribution in [2.24, 2.45) is 0 Å². The molecule has 0 aliphatic heterocycles. The van der Waals surface area contributed by atoms with Crippen LogP contribution in [0.1, 0.15) is 31.7 Å². The van der Waals surface area contributed by atoms with Crippen LogP contribution in [0.5, 0.6) is 0 Å². The molecule has 0 fully saturated rings. The van der Waals surface area contributed by atoms with Gasteiger partial charge in [-0.05, 0) is 31.7 Å². The molecule has 1 aromatic rings. The van der Waals surface area contributed by atoms with Crippen LogP contribution in [0.3, 0.4) is 0 Å². The summed E-state index contributed by atoms with van der Waals surface area (Å²) in [5, 5.41) is 2.58. The van der Waals surface area contributed by atoms with Crippen LogP contribution < -0.4 is 5.32 Å². The molecule has 124 valence electrons. The number of carbonyl (C=O) groups is 3. The number of aryl methyl sites for hydroxylation is 1. The number of unbranched alkanes of at least 4 members (excludes halogenated alkanes) is 1. The zero-order valence-electron chi connectivity index (χ0n) is 13.5. The van der Waals surface area contributed by atoms with Crippen molar-refractivity contribution in [1.82, 2.24) is 5.32 Å². The standard InChI is InChI=1S/C18H23NO4/c1-14(2)18(22)23-13-7-6-12-19-17(21)16(20)11-10-15-8-4-3-5-9-15/h3-5,8-9H,1,6-7,10-13H2,2H3,(H,19,21). The lowest BCUT2D eigenvalue weighted by Crippen LogP contribution is -2.32. The second-order valence-corrected chi connectivity index (χ2v) is 5.29. The number of hydrogen-bond donors (Lipinski definition) is 1. The number of amides is 1. The summed E-state index contributed by atoms with van der Waals surface area (Å²) in [6.07, 6.45) is 2.02. The van der Waals surface area contributed by atoms with Gasteiger partial charge in [0.2, 0.25) is 5.78 Å². The summed E-state index contributed by atoms with van der Waals surface area (Å²) in [5.41, 5.74) is 1.40. The van der Waals surface area contributed by atoms with Gasteiger partial charge in [0.15, 0.2) is 0 Å². The molecule has 23 heavy (non-hydrogen) atoms. The molecular weight excluding hydrogens is 294 g/mol. The Balaban J connectivity index is 2.10. The fourth-order valence-corrected chi connectivity index (χ4v) is 1.83. The van der Waals surface area contributed by atoms with E-state index in [0.29, 0.717) is 31.4 Å². The number of rotatable bonds is 10. The Morgan fingerprint density at radius 1 is 1.13 bits per heavy atom. The van der Waals surface area contributed by atoms with E-state index < -0.39 is 17.7 Å². The van der Waals surface area contributed by atoms with Crippen molar-refractivity contribution in [1.29, 1.82) is 0 Å². The molecule has 0 radical (unpaired) electrons. The minimum Gasteiger partial charge on any atom is -0.462 e. The first-order valence-electron chi connectivity index (χ1n) is 7.68. The number of carbonyl (C=O) groups excluding carboxylic acids is 3. The maximum atomic E-state index is 11.7. The Bertz CT molecular complexity index is 551. The summed E-state index contributed by atoms with van der Waals surface area (Å²) in [6, 6.07) is 9.57. The molecule has 0 aliphatic rings. The average molecular weight is 317 g/mol. The van der Waals surface area contributed by atoms with E-state index in [0.717, 1.165) is 5.56 Å². The predicted molar refractivity (Wildman–Crippen MR) is 87.8 cm³/mol. The highest BCUT2D eigenvalue weighted by Crippen LogP contribution is 2.03. The van der Waals surface area contributed by atoms with Gasteiger partial charge in [0.05, 0.1) is 6.61 Å². The average Bonchev–Trinajstić information content (AvgIpc) is 2.56. The molecule has 1 aromatic carbocycles. The lowest BCUT2D eigenvalue weighted by molar-refractivity contribution is -0.139. The summed E-state index contributed by atoms with van der Waals surface area (Å²) < 4.78 is 4.93. The van der Waals surface area contributed by atoms with Crippen LogP contribution in [0.25, 0.3) is 0 Å². The van der Waals surface area contributed by atoms with Crippen LogP contribution in [-0.2, 0) is 25.5 Å². The molecule has 0 aromatic heterocycles. The van der Waals surface area contributed by atoms with Gasteiger partial charge in [0.1, 0.15) is 0 Å². The number of nitrogens with one attached hydrogen (secondary N) is 1. The molecule has 0 unspecified atom stereocenters. The van der Waals surface area contributed by atoms with Crippen LogP contribution in [0.4, 0.5) is 0 Å². The minimum absolute atomic E-state index is 0.200. The second kappa shape index (κ2) is 10.3. The summed E-state index contributed by atoms with van der Waals surface area (Å²) in [5.74, 6) is -1.38. The lowest BCUT2D eigenvalue weighted by Gasteiger charge is -2.06. The highest BCUT2D eigenvalue weighted by atomic mass is 16.5. The van der Waals surface area contributed by atoms with Crippen molar-refractivity contribution in [3.63, 3.8) is 0 Å². The number of ether oxygens (including phenoxy) is 1. The van der Waals surface area contributed by atoms with E-state index in [1.165, 1.54) is 0 Å². The Labute approximate surface area is 136 Å². The van der Waals surface area contributed by atoms with Gasteiger partial charge in [-0.1, -0.05) is 36.9 Å². The van der Waals surface area contributed by atoms with Crippen molar-refractivity contribution in [2.75, 3.05) is 13.2 Å². The van der Waals surface area contributed by atoms with Gasteiger partial charge in [-0.3, -0.25) is 9.59 Å². The largest absolute Gasteiger partial charge is 0.462 e. The van der Waals surface area contributed by atoms with E-state index in [1.807, 2.05) is 30.3 Å². The van der Waals surface area contributed by atoms with Crippen molar-refractivity contribution < 1.29 is 19.1 Å². The Hall–Kier alpha value is -2.43. The normalized spacial score (nSPS) is 9.96. The molecule has 0 heterocycles. The van der Waals surface area contributed by atoms with Gasteiger partial charge in [-0.25, -0.2) is 4.79 Å². The number of esters is 1. The Morgan fingerprint density at radius 2 is 1.83 bits per heavy atom. The highest BCUT2D eigenvalue weighted by Gasteiger charge is 2.12. The van der Waals surface area contributed by atoms with Crippen LogP contribution >= 0.6 is 0 Å². The monoisotopic (exact) mass is 317 g/mol. The molecule has 5 heteroatoms. The third kappa shape index (κ3) is 7.95. The summed E-state index contributed by atoms with van der Waals surface area (Å²) in [6.45, 7) is 5.74. The quantitative estimate of drug-likeness (QED) is 0.311. The van der Waals surface area contributed by atoms with Crippen molar-refractivity contribution >= 4 is 17.7 Å². The van der Waals surface area contributed by atoms with E-state index in [2.05, 4.69) is 11.9 Å². The van der Waals surface area contributed by atoms with Gasteiger partial charge >= 0.3 is 5.97 Å². The van der Waals surface area contributed by atoms with E-state index in [9.17, 15) is 14.4 Å². The Morgan fingerprint density at radius 3 is 2.48 bits per heavy atom. The summed E-state index contributed by atoms with van der Waals surface area (Å²) >= 11 is 0. The maximum Gasteiger partial charge on any atom is 0.333 e. The maximum absolute atomic E-state index is 11.7. The minimum atomic E-state index is -0.556. The molecule has 0 saturated carbocycles. The van der Waals surface area contributed by atoms with Gasteiger partial charge < -0.3 is 10.1 Å². The Kier molecular flexibility index (Phi) is 8.36. The van der Waals surface area contributed by atoms with E-state index in [-0.39, 0.29) is 13.0 Å². The number of benzene rings is 1. The van der Waals surface area contributed by atoms with Gasteiger partial charge in [0.25, 0.3) is 5.91 Å². The number of ketones is 1. The predicted octanol–water partition coefficient (Wildman–Crippen LogP) is 2.20.